The van der Waals surface area contributed by atoms with E-state index in [1.165, 1.54) is 17.7 Å². The van der Waals surface area contributed by atoms with Crippen LogP contribution >= 0.6 is 0 Å². The quantitative estimate of drug-likeness (QED) is 0.691. The molecule has 0 aliphatic heterocycles. The van der Waals surface area contributed by atoms with Crippen LogP contribution in [0.25, 0.3) is 0 Å². The van der Waals surface area contributed by atoms with Crippen molar-refractivity contribution < 1.29 is 14.1 Å². The standard InChI is InChI=1S/C21H22FNO/c1-16(17-6-3-2-4-7-17)23-14-13-20(21-8-5-15-24-21)18-9-11-19(22)12-10-18/h2-12,15-16,20,23H,13-14H2,1H3/p+1/t16-,20-/m1/s1. The van der Waals surface area contributed by atoms with Gasteiger partial charge in [0.2, 0.25) is 0 Å². The molecule has 124 valence electrons. The third-order valence-electron chi connectivity index (χ3n) is 4.46. The van der Waals surface area contributed by atoms with Crippen LogP contribution in [0, 0.1) is 5.82 Å². The topological polar surface area (TPSA) is 29.8 Å². The second-order valence-corrected chi connectivity index (χ2v) is 6.13. The van der Waals surface area contributed by atoms with Crippen LogP contribution in [0.15, 0.2) is 77.4 Å². The molecular formula is C21H23FNO+. The Labute approximate surface area is 142 Å². The largest absolute Gasteiger partial charge is 0.469 e. The summed E-state index contributed by atoms with van der Waals surface area (Å²) in [6.45, 7) is 3.19. The molecule has 0 spiro atoms. The van der Waals surface area contributed by atoms with Crippen LogP contribution in [0.4, 0.5) is 4.39 Å². The van der Waals surface area contributed by atoms with Crippen molar-refractivity contribution in [2.45, 2.75) is 25.3 Å². The number of quaternary nitrogens is 1. The molecule has 0 saturated carbocycles. The van der Waals surface area contributed by atoms with E-state index in [1.807, 2.05) is 30.3 Å². The molecule has 0 fully saturated rings. The van der Waals surface area contributed by atoms with Gasteiger partial charge in [-0.3, -0.25) is 0 Å². The smallest absolute Gasteiger partial charge is 0.123 e. The molecule has 3 rings (SSSR count). The Hall–Kier alpha value is -2.39. The molecular weight excluding hydrogens is 301 g/mol. The van der Waals surface area contributed by atoms with Crippen molar-refractivity contribution in [1.29, 1.82) is 0 Å². The van der Waals surface area contributed by atoms with Crippen molar-refractivity contribution in [3.8, 4) is 0 Å². The number of benzene rings is 2. The monoisotopic (exact) mass is 324 g/mol. The first-order valence-corrected chi connectivity index (χ1v) is 8.41. The molecule has 0 aliphatic rings. The molecule has 0 amide bonds. The highest BCUT2D eigenvalue weighted by Crippen LogP contribution is 2.28. The van der Waals surface area contributed by atoms with Crippen molar-refractivity contribution in [3.05, 3.63) is 95.7 Å². The van der Waals surface area contributed by atoms with E-state index in [0.29, 0.717) is 6.04 Å². The van der Waals surface area contributed by atoms with E-state index in [0.717, 1.165) is 24.3 Å². The van der Waals surface area contributed by atoms with Crippen LogP contribution in [-0.4, -0.2) is 6.54 Å². The average molecular weight is 324 g/mol. The van der Waals surface area contributed by atoms with Crippen LogP contribution < -0.4 is 5.32 Å². The zero-order valence-corrected chi connectivity index (χ0v) is 13.9. The first-order chi connectivity index (χ1) is 11.7. The lowest BCUT2D eigenvalue weighted by Crippen LogP contribution is -2.84. The van der Waals surface area contributed by atoms with E-state index in [2.05, 4.69) is 36.5 Å². The van der Waals surface area contributed by atoms with E-state index in [9.17, 15) is 4.39 Å². The van der Waals surface area contributed by atoms with Gasteiger partial charge in [0, 0.05) is 17.9 Å². The fourth-order valence-electron chi connectivity index (χ4n) is 3.06. The molecule has 2 aromatic carbocycles. The maximum atomic E-state index is 13.2. The molecule has 2 nitrogen and oxygen atoms in total. The summed E-state index contributed by atoms with van der Waals surface area (Å²) in [6.07, 6.45) is 2.64. The minimum absolute atomic E-state index is 0.153. The number of halogens is 1. The number of nitrogens with two attached hydrogens (primary N) is 1. The predicted octanol–water partition coefficient (Wildman–Crippen LogP) is 4.27. The number of hydrogen-bond donors (Lipinski definition) is 1. The third kappa shape index (κ3) is 4.12. The first kappa shape index (κ1) is 16.5. The molecule has 1 heterocycles. The number of furan rings is 1. The van der Waals surface area contributed by atoms with Crippen LogP contribution in [-0.2, 0) is 0 Å². The van der Waals surface area contributed by atoms with Gasteiger partial charge < -0.3 is 9.73 Å². The van der Waals surface area contributed by atoms with Gasteiger partial charge in [0.1, 0.15) is 17.6 Å². The molecule has 0 aliphatic carbocycles. The van der Waals surface area contributed by atoms with Gasteiger partial charge in [-0.25, -0.2) is 4.39 Å². The maximum Gasteiger partial charge on any atom is 0.123 e. The second-order valence-electron chi connectivity index (χ2n) is 6.13. The Morgan fingerprint density at radius 3 is 2.33 bits per heavy atom. The summed E-state index contributed by atoms with van der Waals surface area (Å²) in [5, 5.41) is 2.34. The van der Waals surface area contributed by atoms with Gasteiger partial charge in [-0.05, 0) is 36.8 Å². The molecule has 0 bridgehead atoms. The van der Waals surface area contributed by atoms with Gasteiger partial charge >= 0.3 is 0 Å². The van der Waals surface area contributed by atoms with E-state index >= 15 is 0 Å². The molecule has 3 aromatic rings. The van der Waals surface area contributed by atoms with Crippen molar-refractivity contribution >= 4 is 0 Å². The van der Waals surface area contributed by atoms with E-state index in [1.54, 1.807) is 6.26 Å². The van der Waals surface area contributed by atoms with Crippen LogP contribution in [0.1, 0.15) is 42.2 Å². The molecule has 24 heavy (non-hydrogen) atoms. The molecule has 2 atom stereocenters. The fraction of sp³-hybridized carbons (Fsp3) is 0.238. The minimum Gasteiger partial charge on any atom is -0.469 e. The summed E-state index contributed by atoms with van der Waals surface area (Å²) < 4.78 is 18.8. The van der Waals surface area contributed by atoms with E-state index in [4.69, 9.17) is 4.42 Å². The summed E-state index contributed by atoms with van der Waals surface area (Å²) >= 11 is 0. The summed E-state index contributed by atoms with van der Waals surface area (Å²) in [6, 6.07) is 21.5. The van der Waals surface area contributed by atoms with Crippen molar-refractivity contribution in [3.63, 3.8) is 0 Å². The Morgan fingerprint density at radius 2 is 1.67 bits per heavy atom. The zero-order valence-electron chi connectivity index (χ0n) is 13.9. The van der Waals surface area contributed by atoms with Gasteiger partial charge in [-0.1, -0.05) is 42.5 Å². The lowest BCUT2D eigenvalue weighted by Gasteiger charge is -2.16. The van der Waals surface area contributed by atoms with Crippen molar-refractivity contribution in [2.24, 2.45) is 0 Å². The molecule has 0 radical (unpaired) electrons. The third-order valence-corrected chi connectivity index (χ3v) is 4.46. The molecule has 0 saturated heterocycles. The second kappa shape index (κ2) is 7.93. The fourth-order valence-corrected chi connectivity index (χ4v) is 3.06. The molecule has 3 heteroatoms. The highest BCUT2D eigenvalue weighted by atomic mass is 19.1. The van der Waals surface area contributed by atoms with Gasteiger partial charge in [0.05, 0.1) is 12.8 Å². The SMILES string of the molecule is C[C@@H]([NH2+]CC[C@H](c1ccc(F)cc1)c1ccco1)c1ccccc1. The van der Waals surface area contributed by atoms with Crippen molar-refractivity contribution in [2.75, 3.05) is 6.54 Å². The molecule has 1 aromatic heterocycles. The lowest BCUT2D eigenvalue weighted by molar-refractivity contribution is -0.693. The summed E-state index contributed by atoms with van der Waals surface area (Å²) in [5.41, 5.74) is 2.42. The van der Waals surface area contributed by atoms with Crippen molar-refractivity contribution in [1.82, 2.24) is 0 Å². The Kier molecular flexibility index (Phi) is 5.44. The van der Waals surface area contributed by atoms with E-state index in [-0.39, 0.29) is 11.7 Å². The van der Waals surface area contributed by atoms with Gasteiger partial charge in [0.15, 0.2) is 0 Å². The van der Waals surface area contributed by atoms with Gasteiger partial charge in [0.25, 0.3) is 0 Å². The first-order valence-electron chi connectivity index (χ1n) is 8.41. The summed E-state index contributed by atoms with van der Waals surface area (Å²) in [7, 11) is 0. The zero-order chi connectivity index (χ0) is 16.8. The van der Waals surface area contributed by atoms with Gasteiger partial charge in [-0.2, -0.15) is 0 Å². The van der Waals surface area contributed by atoms with Crippen LogP contribution in [0.5, 0.6) is 0 Å². The predicted molar refractivity (Wildman–Crippen MR) is 93.2 cm³/mol. The minimum atomic E-state index is -0.207. The maximum absolute atomic E-state index is 13.2. The Bertz CT molecular complexity index is 722. The van der Waals surface area contributed by atoms with Gasteiger partial charge in [-0.15, -0.1) is 0 Å². The summed E-state index contributed by atoms with van der Waals surface area (Å²) in [5.74, 6) is 0.878. The molecule has 2 N–H and O–H groups in total. The number of rotatable bonds is 7. The highest BCUT2D eigenvalue weighted by Gasteiger charge is 2.18. The van der Waals surface area contributed by atoms with Crippen LogP contribution in [0.3, 0.4) is 0 Å². The highest BCUT2D eigenvalue weighted by molar-refractivity contribution is 5.27. The normalized spacial score (nSPS) is 13.6. The lowest BCUT2D eigenvalue weighted by atomic mass is 9.93. The average Bonchev–Trinajstić information content (AvgIpc) is 3.15. The van der Waals surface area contributed by atoms with E-state index < -0.39 is 0 Å². The van der Waals surface area contributed by atoms with Crippen LogP contribution in [0.2, 0.25) is 0 Å². The number of hydrogen-bond acceptors (Lipinski definition) is 1. The Morgan fingerprint density at radius 1 is 0.917 bits per heavy atom. The summed E-state index contributed by atoms with van der Waals surface area (Å²) in [4.78, 5) is 0. The molecule has 0 unspecified atom stereocenters. The Balaban J connectivity index is 1.66.